The fraction of sp³-hybridized carbons (Fsp3) is 0.241. The molecular formula is C29H25ClN2O4. The van der Waals surface area contributed by atoms with Gasteiger partial charge in [-0.25, -0.2) is 0 Å². The Morgan fingerprint density at radius 1 is 0.944 bits per heavy atom. The molecule has 1 aliphatic carbocycles. The molecule has 3 unspecified atom stereocenters. The predicted molar refractivity (Wildman–Crippen MR) is 139 cm³/mol. The molecule has 1 amide bonds. The van der Waals surface area contributed by atoms with Crippen molar-refractivity contribution in [1.82, 2.24) is 0 Å². The zero-order valence-electron chi connectivity index (χ0n) is 20.0. The summed E-state index contributed by atoms with van der Waals surface area (Å²) in [5.74, 6) is -0.923. The average Bonchev–Trinajstić information content (AvgIpc) is 2.99. The number of Topliss-reactive ketones (excluding diaryl/α,β-unsaturated/α-hetero) is 1. The number of benzene rings is 3. The van der Waals surface area contributed by atoms with Crippen LogP contribution in [0.5, 0.6) is 5.75 Å². The molecule has 6 nitrogen and oxygen atoms in total. The van der Waals surface area contributed by atoms with Crippen molar-refractivity contribution in [3.8, 4) is 5.75 Å². The predicted octanol–water partition coefficient (Wildman–Crippen LogP) is 6.21. The Morgan fingerprint density at radius 2 is 1.69 bits per heavy atom. The van der Waals surface area contributed by atoms with Crippen molar-refractivity contribution in [2.45, 2.75) is 38.6 Å². The van der Waals surface area contributed by atoms with E-state index >= 15 is 0 Å². The van der Waals surface area contributed by atoms with Crippen molar-refractivity contribution in [1.29, 1.82) is 0 Å². The lowest BCUT2D eigenvalue weighted by Gasteiger charge is -2.38. The van der Waals surface area contributed by atoms with Crippen molar-refractivity contribution in [2.24, 2.45) is 10.9 Å². The molecule has 5 rings (SSSR count). The van der Waals surface area contributed by atoms with Crippen molar-refractivity contribution >= 4 is 46.3 Å². The number of rotatable bonds is 3. The van der Waals surface area contributed by atoms with Crippen molar-refractivity contribution in [3.63, 3.8) is 0 Å². The van der Waals surface area contributed by atoms with Gasteiger partial charge in [0.2, 0.25) is 5.91 Å². The first-order valence-corrected chi connectivity index (χ1v) is 12.2. The van der Waals surface area contributed by atoms with Gasteiger partial charge in [0.1, 0.15) is 11.5 Å². The zero-order chi connectivity index (χ0) is 25.4. The molecule has 36 heavy (non-hydrogen) atoms. The van der Waals surface area contributed by atoms with Gasteiger partial charge < -0.3 is 9.64 Å². The molecule has 0 spiro atoms. The minimum Gasteiger partial charge on any atom is -0.427 e. The molecule has 182 valence electrons. The van der Waals surface area contributed by atoms with Crippen LogP contribution in [0.2, 0.25) is 5.02 Å². The number of para-hydroxylation sites is 2. The summed E-state index contributed by atoms with van der Waals surface area (Å²) in [7, 11) is 0. The number of carbonyl (C=O) groups is 3. The Bertz CT molecular complexity index is 1380. The maximum Gasteiger partial charge on any atom is 0.308 e. The maximum absolute atomic E-state index is 13.9. The van der Waals surface area contributed by atoms with E-state index < -0.39 is 17.9 Å². The van der Waals surface area contributed by atoms with Crippen LogP contribution < -0.4 is 9.64 Å². The summed E-state index contributed by atoms with van der Waals surface area (Å²) < 4.78 is 5.32. The van der Waals surface area contributed by atoms with Crippen LogP contribution in [0.15, 0.2) is 77.8 Å². The molecule has 0 radical (unpaired) electrons. The van der Waals surface area contributed by atoms with E-state index in [4.69, 9.17) is 21.3 Å². The first-order chi connectivity index (χ1) is 17.3. The third kappa shape index (κ3) is 4.56. The lowest BCUT2D eigenvalue weighted by Crippen LogP contribution is -2.45. The molecule has 1 heterocycles. The third-order valence-corrected chi connectivity index (χ3v) is 7.00. The van der Waals surface area contributed by atoms with Crippen LogP contribution in [-0.4, -0.2) is 23.4 Å². The van der Waals surface area contributed by atoms with Gasteiger partial charge in [-0.3, -0.25) is 19.4 Å². The largest absolute Gasteiger partial charge is 0.427 e. The van der Waals surface area contributed by atoms with Gasteiger partial charge in [0.25, 0.3) is 0 Å². The monoisotopic (exact) mass is 500 g/mol. The summed E-state index contributed by atoms with van der Waals surface area (Å²) in [4.78, 5) is 45.2. The topological polar surface area (TPSA) is 76.0 Å². The minimum atomic E-state index is -0.627. The number of anilines is 1. The van der Waals surface area contributed by atoms with E-state index in [2.05, 4.69) is 0 Å². The second kappa shape index (κ2) is 9.70. The van der Waals surface area contributed by atoms with Crippen LogP contribution in [0, 0.1) is 5.92 Å². The molecule has 1 aliphatic heterocycles. The number of amides is 1. The van der Waals surface area contributed by atoms with E-state index in [0.717, 1.165) is 11.3 Å². The average molecular weight is 501 g/mol. The molecule has 3 aromatic carbocycles. The molecule has 3 atom stereocenters. The quantitative estimate of drug-likeness (QED) is 0.316. The van der Waals surface area contributed by atoms with E-state index in [1.807, 2.05) is 54.6 Å². The summed E-state index contributed by atoms with van der Waals surface area (Å²) in [6.07, 6.45) is 0.909. The number of esters is 1. The summed E-state index contributed by atoms with van der Waals surface area (Å²) in [5.41, 5.74) is 3.77. The molecule has 0 bridgehead atoms. The van der Waals surface area contributed by atoms with E-state index in [1.165, 1.54) is 13.8 Å². The second-order valence-electron chi connectivity index (χ2n) is 9.19. The smallest absolute Gasteiger partial charge is 0.308 e. The highest BCUT2D eigenvalue weighted by Crippen LogP contribution is 2.47. The van der Waals surface area contributed by atoms with Crippen molar-refractivity contribution in [2.75, 3.05) is 4.90 Å². The Hall–Kier alpha value is -3.77. The lowest BCUT2D eigenvalue weighted by atomic mass is 9.72. The van der Waals surface area contributed by atoms with Gasteiger partial charge in [0.05, 0.1) is 23.3 Å². The normalized spacial score (nSPS) is 21.1. The van der Waals surface area contributed by atoms with E-state index in [1.54, 1.807) is 23.1 Å². The van der Waals surface area contributed by atoms with Gasteiger partial charge >= 0.3 is 5.97 Å². The van der Waals surface area contributed by atoms with Crippen LogP contribution >= 0.6 is 11.6 Å². The molecule has 0 saturated heterocycles. The van der Waals surface area contributed by atoms with Crippen molar-refractivity contribution < 1.29 is 19.1 Å². The van der Waals surface area contributed by atoms with E-state index in [0.29, 0.717) is 40.6 Å². The van der Waals surface area contributed by atoms with Crippen LogP contribution in [-0.2, 0) is 14.4 Å². The molecule has 2 aliphatic rings. The van der Waals surface area contributed by atoms with E-state index in [9.17, 15) is 14.4 Å². The van der Waals surface area contributed by atoms with Crippen molar-refractivity contribution in [3.05, 3.63) is 88.9 Å². The Kier molecular flexibility index (Phi) is 6.46. The van der Waals surface area contributed by atoms with Gasteiger partial charge in [0.15, 0.2) is 0 Å². The highest BCUT2D eigenvalue weighted by molar-refractivity contribution is 6.30. The summed E-state index contributed by atoms with van der Waals surface area (Å²) in [5, 5.41) is 0.643. The fourth-order valence-electron chi connectivity index (χ4n) is 5.30. The fourth-order valence-corrected chi connectivity index (χ4v) is 5.43. The summed E-state index contributed by atoms with van der Waals surface area (Å²) >= 11 is 6.09. The van der Waals surface area contributed by atoms with Gasteiger partial charge in [-0.15, -0.1) is 0 Å². The van der Waals surface area contributed by atoms with Crippen LogP contribution in [0.4, 0.5) is 11.4 Å². The number of nitrogens with zero attached hydrogens (tertiary/aromatic N) is 2. The minimum absolute atomic E-state index is 0.0156. The molecular weight excluding hydrogens is 476 g/mol. The molecule has 0 N–H and O–H groups in total. The molecule has 3 aromatic rings. The maximum atomic E-state index is 13.9. The first-order valence-electron chi connectivity index (χ1n) is 11.8. The number of hydrogen-bond donors (Lipinski definition) is 0. The Balaban J connectivity index is 1.66. The highest BCUT2D eigenvalue weighted by Gasteiger charge is 2.45. The molecule has 1 fully saturated rings. The highest BCUT2D eigenvalue weighted by atomic mass is 35.5. The van der Waals surface area contributed by atoms with Gasteiger partial charge in [-0.1, -0.05) is 48.0 Å². The van der Waals surface area contributed by atoms with Crippen LogP contribution in [0.3, 0.4) is 0 Å². The first kappa shape index (κ1) is 23.9. The Labute approximate surface area is 214 Å². The number of hydrogen-bond acceptors (Lipinski definition) is 5. The van der Waals surface area contributed by atoms with Crippen LogP contribution in [0.1, 0.15) is 49.8 Å². The van der Waals surface area contributed by atoms with E-state index in [-0.39, 0.29) is 17.6 Å². The number of halogens is 1. The number of carbonyl (C=O) groups excluding carboxylic acids is 3. The number of fused-ring (bicyclic) bond motifs is 2. The van der Waals surface area contributed by atoms with Crippen LogP contribution in [0.25, 0.3) is 0 Å². The van der Waals surface area contributed by atoms with Gasteiger partial charge in [-0.05, 0) is 59.9 Å². The summed E-state index contributed by atoms with van der Waals surface area (Å²) in [6, 6.07) is 21.4. The van der Waals surface area contributed by atoms with Gasteiger partial charge in [0, 0.05) is 31.0 Å². The lowest BCUT2D eigenvalue weighted by molar-refractivity contribution is -0.132. The molecule has 0 aromatic heterocycles. The summed E-state index contributed by atoms with van der Waals surface area (Å²) in [6.45, 7) is 2.83. The zero-order valence-corrected chi connectivity index (χ0v) is 20.7. The second-order valence-corrected chi connectivity index (χ2v) is 9.63. The standard InChI is InChI=1S/C29H25ClN2O4/c1-17(33)32-26-9-4-3-8-24(26)31-25-15-21(19-10-12-22(30)13-11-19)16-27(35)28(25)29(32)20-6-5-7-23(14-20)36-18(2)34/h3-14,21,28-29H,15-16H2,1-2H3. The number of aliphatic imine (C=N–C) groups is 1. The molecule has 1 saturated carbocycles. The number of ketones is 1. The SMILES string of the molecule is CC(=O)Oc1cccc(C2C3C(=O)CC(c4ccc(Cl)cc4)CC3=Nc3ccccc3N2C(C)=O)c1. The molecule has 7 heteroatoms. The van der Waals surface area contributed by atoms with Gasteiger partial charge in [-0.2, -0.15) is 0 Å². The number of ether oxygens (including phenoxy) is 1. The third-order valence-electron chi connectivity index (χ3n) is 6.75. The Morgan fingerprint density at radius 3 is 2.42 bits per heavy atom.